The Hall–Kier alpha value is -3.55. The fraction of sp³-hybridized carbons (Fsp3) is 0.423. The number of carbonyl (C=O) groups excluding carboxylic acids is 3. The van der Waals surface area contributed by atoms with Crippen molar-refractivity contribution >= 4 is 23.3 Å². The van der Waals surface area contributed by atoms with E-state index in [0.717, 1.165) is 0 Å². The summed E-state index contributed by atoms with van der Waals surface area (Å²) in [6.45, 7) is 2.98. The first-order valence-corrected chi connectivity index (χ1v) is 11.5. The lowest BCUT2D eigenvalue weighted by atomic mass is 9.95. The number of hydrogen-bond donors (Lipinski definition) is 1. The van der Waals surface area contributed by atoms with Gasteiger partial charge in [-0.15, -0.1) is 0 Å². The molecule has 2 aromatic rings. The number of carbonyl (C=O) groups is 3. The predicted molar refractivity (Wildman–Crippen MR) is 129 cm³/mol. The summed E-state index contributed by atoms with van der Waals surface area (Å²) in [6, 6.07) is 12.4. The van der Waals surface area contributed by atoms with E-state index < -0.39 is 0 Å². The average molecular weight is 469 g/mol. The van der Waals surface area contributed by atoms with Crippen LogP contribution in [0.5, 0.6) is 17.2 Å². The van der Waals surface area contributed by atoms with E-state index in [1.807, 2.05) is 23.1 Å². The molecule has 34 heavy (non-hydrogen) atoms. The lowest BCUT2D eigenvalue weighted by molar-refractivity contribution is -0.134. The van der Waals surface area contributed by atoms with E-state index in [2.05, 4.69) is 5.32 Å². The highest BCUT2D eigenvalue weighted by Crippen LogP contribution is 2.29. The Morgan fingerprint density at radius 3 is 2.35 bits per heavy atom. The zero-order valence-corrected chi connectivity index (χ0v) is 20.0. The molecule has 1 aliphatic rings. The highest BCUT2D eigenvalue weighted by Gasteiger charge is 2.27. The Morgan fingerprint density at radius 2 is 1.68 bits per heavy atom. The quantitative estimate of drug-likeness (QED) is 0.419. The van der Waals surface area contributed by atoms with E-state index in [1.54, 1.807) is 31.4 Å². The van der Waals surface area contributed by atoms with Gasteiger partial charge in [-0.1, -0.05) is 12.1 Å². The number of amides is 2. The molecule has 182 valence electrons. The van der Waals surface area contributed by atoms with Crippen LogP contribution in [0, 0.1) is 5.92 Å². The fourth-order valence-electron chi connectivity index (χ4n) is 3.94. The van der Waals surface area contributed by atoms with E-state index >= 15 is 0 Å². The van der Waals surface area contributed by atoms with Gasteiger partial charge in [0.05, 0.1) is 26.5 Å². The lowest BCUT2D eigenvalue weighted by Gasteiger charge is -2.31. The smallest absolute Gasteiger partial charge is 0.227 e. The van der Waals surface area contributed by atoms with Crippen LogP contribution >= 0.6 is 0 Å². The summed E-state index contributed by atoms with van der Waals surface area (Å²) in [6.07, 6.45) is 2.18. The average Bonchev–Trinajstić information content (AvgIpc) is 2.86. The Bertz CT molecular complexity index is 1010. The SMILES string of the molecule is COc1ccccc1NC(=O)C1CCN(C(=O)CCCOc2ccc(C(C)=O)cc2OC)CC1. The first kappa shape index (κ1) is 25.1. The van der Waals surface area contributed by atoms with Gasteiger partial charge < -0.3 is 24.4 Å². The largest absolute Gasteiger partial charge is 0.495 e. The second kappa shape index (κ2) is 12.1. The van der Waals surface area contributed by atoms with Gasteiger partial charge in [-0.2, -0.15) is 0 Å². The maximum Gasteiger partial charge on any atom is 0.227 e. The van der Waals surface area contributed by atoms with Crippen molar-refractivity contribution in [3.05, 3.63) is 48.0 Å². The third kappa shape index (κ3) is 6.50. The second-order valence-corrected chi connectivity index (χ2v) is 8.22. The molecular formula is C26H32N2O6. The number of Topliss-reactive ketones (excluding diaryl/α,β-unsaturated/α-hetero) is 1. The van der Waals surface area contributed by atoms with Gasteiger partial charge in [0.1, 0.15) is 5.75 Å². The number of nitrogens with one attached hydrogen (secondary N) is 1. The molecule has 0 aromatic heterocycles. The molecule has 0 unspecified atom stereocenters. The number of methoxy groups -OCH3 is 2. The van der Waals surface area contributed by atoms with Crippen molar-refractivity contribution in [2.24, 2.45) is 5.92 Å². The third-order valence-corrected chi connectivity index (χ3v) is 5.95. The Morgan fingerprint density at radius 1 is 0.971 bits per heavy atom. The highest BCUT2D eigenvalue weighted by molar-refractivity contribution is 5.95. The van der Waals surface area contributed by atoms with Crippen LogP contribution < -0.4 is 19.5 Å². The number of anilines is 1. The molecule has 3 rings (SSSR count). The summed E-state index contributed by atoms with van der Waals surface area (Å²) in [5.74, 6) is 1.49. The molecular weight excluding hydrogens is 436 g/mol. The van der Waals surface area contributed by atoms with Crippen molar-refractivity contribution in [2.75, 3.05) is 39.2 Å². The second-order valence-electron chi connectivity index (χ2n) is 8.22. The summed E-state index contributed by atoms with van der Waals surface area (Å²) in [7, 11) is 3.09. The van der Waals surface area contributed by atoms with E-state index in [-0.39, 0.29) is 23.5 Å². The van der Waals surface area contributed by atoms with Crippen molar-refractivity contribution in [3.63, 3.8) is 0 Å². The Labute approximate surface area is 200 Å². The first-order chi connectivity index (χ1) is 16.4. The Kier molecular flexibility index (Phi) is 8.90. The maximum absolute atomic E-state index is 12.7. The summed E-state index contributed by atoms with van der Waals surface area (Å²) in [5.41, 5.74) is 1.21. The van der Waals surface area contributed by atoms with Gasteiger partial charge in [0.25, 0.3) is 0 Å². The zero-order chi connectivity index (χ0) is 24.5. The molecule has 1 fully saturated rings. The molecule has 0 bridgehead atoms. The minimum Gasteiger partial charge on any atom is -0.495 e. The molecule has 0 spiro atoms. The summed E-state index contributed by atoms with van der Waals surface area (Å²) in [5, 5.41) is 2.94. The van der Waals surface area contributed by atoms with Crippen LogP contribution in [-0.2, 0) is 9.59 Å². The van der Waals surface area contributed by atoms with E-state index in [1.165, 1.54) is 14.0 Å². The predicted octanol–water partition coefficient (Wildman–Crippen LogP) is 3.94. The molecule has 0 aliphatic carbocycles. The minimum absolute atomic E-state index is 0.0449. The monoisotopic (exact) mass is 468 g/mol. The van der Waals surface area contributed by atoms with Crippen molar-refractivity contribution in [1.82, 2.24) is 4.90 Å². The minimum atomic E-state index is -0.136. The van der Waals surface area contributed by atoms with Crippen molar-refractivity contribution < 1.29 is 28.6 Å². The standard InChI is InChI=1S/C26H32N2O6/c1-18(29)20-10-11-23(24(17-20)33-3)34-16-6-9-25(30)28-14-12-19(13-15-28)26(31)27-21-7-4-5-8-22(21)32-2/h4-5,7-8,10-11,17,19H,6,9,12-16H2,1-3H3,(H,27,31). The molecule has 0 atom stereocenters. The normalized spacial score (nSPS) is 13.8. The van der Waals surface area contributed by atoms with Gasteiger partial charge in [-0.05, 0) is 56.5 Å². The maximum atomic E-state index is 12.7. The number of likely N-dealkylation sites (tertiary alicyclic amines) is 1. The topological polar surface area (TPSA) is 94.2 Å². The molecule has 1 N–H and O–H groups in total. The van der Waals surface area contributed by atoms with E-state index in [4.69, 9.17) is 14.2 Å². The number of para-hydroxylation sites is 2. The molecule has 8 heteroatoms. The van der Waals surface area contributed by atoms with Crippen LogP contribution in [0.15, 0.2) is 42.5 Å². The lowest BCUT2D eigenvalue weighted by Crippen LogP contribution is -2.41. The van der Waals surface area contributed by atoms with E-state index in [9.17, 15) is 14.4 Å². The van der Waals surface area contributed by atoms with Gasteiger partial charge in [0.15, 0.2) is 17.3 Å². The number of rotatable bonds is 10. The van der Waals surface area contributed by atoms with Gasteiger partial charge in [-0.25, -0.2) is 0 Å². The Balaban J connectivity index is 1.40. The van der Waals surface area contributed by atoms with Crippen molar-refractivity contribution in [3.8, 4) is 17.2 Å². The molecule has 1 saturated heterocycles. The van der Waals surface area contributed by atoms with Crippen LogP contribution in [0.3, 0.4) is 0 Å². The van der Waals surface area contributed by atoms with Crippen LogP contribution in [-0.4, -0.2) is 56.4 Å². The molecule has 1 aliphatic heterocycles. The van der Waals surface area contributed by atoms with Crippen LogP contribution in [0.2, 0.25) is 0 Å². The fourth-order valence-corrected chi connectivity index (χ4v) is 3.94. The third-order valence-electron chi connectivity index (χ3n) is 5.95. The molecule has 0 saturated carbocycles. The number of benzene rings is 2. The number of ether oxygens (including phenoxy) is 3. The van der Waals surface area contributed by atoms with Crippen molar-refractivity contribution in [1.29, 1.82) is 0 Å². The van der Waals surface area contributed by atoms with Crippen LogP contribution in [0.1, 0.15) is 43.0 Å². The van der Waals surface area contributed by atoms with Crippen LogP contribution in [0.4, 0.5) is 5.69 Å². The first-order valence-electron chi connectivity index (χ1n) is 11.5. The molecule has 1 heterocycles. The molecule has 0 radical (unpaired) electrons. The number of ketones is 1. The molecule has 8 nitrogen and oxygen atoms in total. The summed E-state index contributed by atoms with van der Waals surface area (Å²) in [4.78, 5) is 38.6. The van der Waals surface area contributed by atoms with Gasteiger partial charge in [0.2, 0.25) is 11.8 Å². The van der Waals surface area contributed by atoms with Gasteiger partial charge in [-0.3, -0.25) is 14.4 Å². The summed E-state index contributed by atoms with van der Waals surface area (Å²) >= 11 is 0. The number of nitrogens with zero attached hydrogens (tertiary/aromatic N) is 1. The molecule has 2 aromatic carbocycles. The molecule has 2 amide bonds. The van der Waals surface area contributed by atoms with Gasteiger partial charge >= 0.3 is 0 Å². The highest BCUT2D eigenvalue weighted by atomic mass is 16.5. The van der Waals surface area contributed by atoms with Crippen molar-refractivity contribution in [2.45, 2.75) is 32.6 Å². The van der Waals surface area contributed by atoms with E-state index in [0.29, 0.717) is 73.9 Å². The van der Waals surface area contributed by atoms with Crippen LogP contribution in [0.25, 0.3) is 0 Å². The van der Waals surface area contributed by atoms with Gasteiger partial charge in [0, 0.05) is 31.0 Å². The number of piperidine rings is 1. The zero-order valence-electron chi connectivity index (χ0n) is 20.0. The number of hydrogen-bond acceptors (Lipinski definition) is 6. The summed E-state index contributed by atoms with van der Waals surface area (Å²) < 4.78 is 16.3.